The summed E-state index contributed by atoms with van der Waals surface area (Å²) in [6.07, 6.45) is -7.59. The van der Waals surface area contributed by atoms with E-state index in [-0.39, 0.29) is 0 Å². The first-order chi connectivity index (χ1) is 12.0. The van der Waals surface area contributed by atoms with Gasteiger partial charge in [-0.3, -0.25) is 0 Å². The number of hydrogen-bond acceptors (Lipinski definition) is 2. The molecule has 1 unspecified atom stereocenters. The van der Waals surface area contributed by atoms with Gasteiger partial charge in [0.1, 0.15) is 13.1 Å². The van der Waals surface area contributed by atoms with Gasteiger partial charge in [0, 0.05) is 4.48 Å². The van der Waals surface area contributed by atoms with Crippen molar-refractivity contribution in [3.05, 3.63) is 0 Å². The van der Waals surface area contributed by atoms with E-state index in [0.717, 1.165) is 0 Å². The lowest BCUT2D eigenvalue weighted by Crippen LogP contribution is -2.73. The van der Waals surface area contributed by atoms with Crippen molar-refractivity contribution in [3.63, 3.8) is 0 Å². The van der Waals surface area contributed by atoms with Gasteiger partial charge in [-0.15, -0.1) is 0 Å². The average Bonchev–Trinajstić information content (AvgIpc) is 2.52. The smallest absolute Gasteiger partial charge is 0.390 e. The molecule has 0 aliphatic heterocycles. The maximum absolute atomic E-state index is 13.9. The molecule has 1 amide bonds. The number of alkyl halides is 13. The Morgan fingerprint density at radius 3 is 1.39 bits per heavy atom. The van der Waals surface area contributed by atoms with Crippen LogP contribution in [0.25, 0.3) is 0 Å². The third-order valence-corrected chi connectivity index (χ3v) is 3.52. The van der Waals surface area contributed by atoms with Gasteiger partial charge in [-0.1, -0.05) is 4.71 Å². The molecule has 0 rings (SSSR count). The third-order valence-electron chi connectivity index (χ3n) is 3.52. The Hall–Kier alpha value is -1.39. The van der Waals surface area contributed by atoms with Crippen LogP contribution in [0.2, 0.25) is 0 Å². The Balaban J connectivity index is 6.51. The van der Waals surface area contributed by atoms with Crippen molar-refractivity contribution in [2.75, 3.05) is 19.7 Å². The Morgan fingerprint density at radius 2 is 1.11 bits per heavy atom. The van der Waals surface area contributed by atoms with Crippen molar-refractivity contribution in [1.82, 2.24) is 0 Å². The summed E-state index contributed by atoms with van der Waals surface area (Å²) in [5.41, 5.74) is 0. The van der Waals surface area contributed by atoms with Gasteiger partial charge in [0.15, 0.2) is 0 Å². The van der Waals surface area contributed by atoms with E-state index in [4.69, 9.17) is 5.11 Å². The van der Waals surface area contributed by atoms with Crippen molar-refractivity contribution in [3.8, 4) is 0 Å². The zero-order valence-corrected chi connectivity index (χ0v) is 13.2. The van der Waals surface area contributed by atoms with Gasteiger partial charge in [0.2, 0.25) is 0 Å². The summed E-state index contributed by atoms with van der Waals surface area (Å²) in [6.45, 7) is -4.38. The van der Waals surface area contributed by atoms with Crippen molar-refractivity contribution in [1.29, 1.82) is 0 Å². The summed E-state index contributed by atoms with van der Waals surface area (Å²) in [7, 11) is 0. The molecule has 0 spiro atoms. The fourth-order valence-electron chi connectivity index (χ4n) is 1.72. The average molecular weight is 454 g/mol. The molecule has 17 heteroatoms. The molecule has 0 aliphatic carbocycles. The van der Waals surface area contributed by atoms with Crippen LogP contribution >= 0.6 is 0 Å². The maximum atomic E-state index is 13.9. The molecule has 0 fully saturated rings. The first-order valence-electron chi connectivity index (χ1n) is 6.71. The minimum atomic E-state index is -8.18. The highest BCUT2D eigenvalue weighted by Crippen LogP contribution is 2.60. The van der Waals surface area contributed by atoms with E-state index in [2.05, 4.69) is 0 Å². The second-order valence-corrected chi connectivity index (χ2v) is 5.30. The van der Waals surface area contributed by atoms with Gasteiger partial charge in [0.05, 0.1) is 6.61 Å². The molecule has 0 bridgehead atoms. The monoisotopic (exact) mass is 454 g/mol. The summed E-state index contributed by atoms with van der Waals surface area (Å²) < 4.78 is 178. The summed E-state index contributed by atoms with van der Waals surface area (Å²) in [5.74, 6) is -43.3. The molecule has 0 aliphatic rings. The lowest BCUT2D eigenvalue weighted by atomic mass is 9.93. The lowest BCUT2D eigenvalue weighted by molar-refractivity contribution is -0.992. The van der Waals surface area contributed by atoms with E-state index >= 15 is 0 Å². The predicted octanol–water partition coefficient (Wildman–Crippen LogP) is 3.97. The Morgan fingerprint density at radius 1 is 0.750 bits per heavy atom. The van der Waals surface area contributed by atoms with E-state index in [9.17, 15) is 66.4 Å². The van der Waals surface area contributed by atoms with Crippen molar-refractivity contribution in [2.45, 2.75) is 42.7 Å². The fourth-order valence-corrected chi connectivity index (χ4v) is 1.72. The summed E-state index contributed by atoms with van der Waals surface area (Å²) in [4.78, 5) is 11.2. The number of aliphatic hydroxyl groups excluding tert-OH is 1. The third kappa shape index (κ3) is 3.50. The lowest BCUT2D eigenvalue weighted by Gasteiger charge is -2.39. The number of amides is 1. The molecule has 0 saturated heterocycles. The van der Waals surface area contributed by atoms with Crippen molar-refractivity contribution < 1.29 is 76.2 Å². The van der Waals surface area contributed by atoms with Crippen LogP contribution < -0.4 is 0 Å². The van der Waals surface area contributed by atoms with Gasteiger partial charge in [-0.05, 0) is 6.92 Å². The second kappa shape index (κ2) is 7.14. The summed E-state index contributed by atoms with van der Waals surface area (Å²) in [5, 5.41) is 8.40. The number of rotatable bonds is 8. The van der Waals surface area contributed by atoms with Gasteiger partial charge < -0.3 is 5.11 Å². The molecule has 0 aromatic heterocycles. The molecular weight excluding hydrogens is 444 g/mol. The number of carbonyl (C=O) groups is 1. The first-order valence-corrected chi connectivity index (χ1v) is 6.71. The summed E-state index contributed by atoms with van der Waals surface area (Å²) in [6, 6.07) is 0. The highest BCUT2D eigenvalue weighted by molar-refractivity contribution is 5.78. The van der Waals surface area contributed by atoms with Crippen LogP contribution in [0.4, 0.5) is 61.6 Å². The quantitative estimate of drug-likeness (QED) is 0.446. The molecule has 1 atom stereocenters. The largest absolute Gasteiger partial charge is 0.460 e. The second-order valence-electron chi connectivity index (χ2n) is 5.30. The molecule has 0 aromatic carbocycles. The van der Waals surface area contributed by atoms with Crippen LogP contribution in [0.1, 0.15) is 6.92 Å². The van der Waals surface area contributed by atoms with E-state index < -0.39 is 66.1 Å². The van der Waals surface area contributed by atoms with Crippen molar-refractivity contribution >= 4 is 5.91 Å². The van der Waals surface area contributed by atoms with Crippen LogP contribution in [0, 0.1) is 0 Å². The molecule has 0 radical (unpaired) electrons. The highest BCUT2D eigenvalue weighted by Gasteiger charge is 2.93. The van der Waals surface area contributed by atoms with E-state index in [1.165, 1.54) is 0 Å². The standard InChI is InChI=1S/C11H10F14NO2/c1-2-26(25,3-4-27)5(28)6(12,13)7(14,15)8(16,17)9(18,19)10(20,21)11(22,23)24/h27H,2-4H2,1H3/q+1. The number of halogens is 14. The minimum absolute atomic E-state index is 0.479. The van der Waals surface area contributed by atoms with E-state index in [1.807, 2.05) is 0 Å². The number of aliphatic hydroxyl groups is 1. The van der Waals surface area contributed by atoms with Crippen LogP contribution in [0.3, 0.4) is 0 Å². The van der Waals surface area contributed by atoms with Gasteiger partial charge in [0.25, 0.3) is 0 Å². The number of likely N-dealkylation sites (N-methyl/N-ethyl adjacent to an activating group) is 1. The molecule has 0 heterocycles. The summed E-state index contributed by atoms with van der Waals surface area (Å²) >= 11 is 0. The van der Waals surface area contributed by atoms with Crippen LogP contribution in [-0.2, 0) is 4.79 Å². The van der Waals surface area contributed by atoms with E-state index in [0.29, 0.717) is 6.92 Å². The normalized spacial score (nSPS) is 17.4. The molecular formula is C11H10F14NO2+. The van der Waals surface area contributed by atoms with Gasteiger partial charge >= 0.3 is 41.7 Å². The highest BCUT2D eigenvalue weighted by atomic mass is 19.4. The molecule has 0 saturated carbocycles. The topological polar surface area (TPSA) is 37.3 Å². The fraction of sp³-hybridized carbons (Fsp3) is 0.909. The molecule has 28 heavy (non-hydrogen) atoms. The van der Waals surface area contributed by atoms with Crippen molar-refractivity contribution in [2.24, 2.45) is 0 Å². The molecule has 0 aromatic rings. The SMILES string of the molecule is CC[N+](F)(CCO)C(=O)C(F)(F)C(F)(F)C(F)(F)C(F)(F)C(F)(F)C(F)(F)F. The molecule has 168 valence electrons. The molecule has 1 N–H and O–H groups in total. The number of nitrogens with zero attached hydrogens (tertiary/aromatic N) is 1. The molecule has 3 nitrogen and oxygen atoms in total. The minimum Gasteiger partial charge on any atom is -0.390 e. The number of hydrogen-bond donors (Lipinski definition) is 1. The van der Waals surface area contributed by atoms with Gasteiger partial charge in [-0.25, -0.2) is 4.79 Å². The number of quaternary nitrogens is 1. The van der Waals surface area contributed by atoms with Crippen LogP contribution in [-0.4, -0.2) is 71.2 Å². The predicted molar refractivity (Wildman–Crippen MR) is 59.7 cm³/mol. The van der Waals surface area contributed by atoms with Gasteiger partial charge in [-0.2, -0.15) is 57.1 Å². The maximum Gasteiger partial charge on any atom is 0.460 e. The van der Waals surface area contributed by atoms with Crippen LogP contribution in [0.5, 0.6) is 0 Å². The first kappa shape index (κ1) is 26.6. The van der Waals surface area contributed by atoms with E-state index in [1.54, 1.807) is 0 Å². The Bertz CT molecular complexity index is 586. The zero-order chi connectivity index (χ0) is 23.2. The zero-order valence-electron chi connectivity index (χ0n) is 13.2. The number of carbonyl (C=O) groups excluding carboxylic acids is 1. The Labute approximate surface area is 146 Å². The van der Waals surface area contributed by atoms with Crippen LogP contribution in [0.15, 0.2) is 0 Å². The Kier molecular flexibility index (Phi) is 6.79.